The zero-order valence-electron chi connectivity index (χ0n) is 11.8. The summed E-state index contributed by atoms with van der Waals surface area (Å²) in [5.41, 5.74) is -0.0473. The van der Waals surface area contributed by atoms with E-state index in [0.717, 1.165) is 12.1 Å². The monoisotopic (exact) mass is 299 g/mol. The molecule has 1 saturated carbocycles. The fraction of sp³-hybridized carbons (Fsp3) is 0.571. The van der Waals surface area contributed by atoms with Crippen molar-refractivity contribution in [2.45, 2.75) is 30.1 Å². The maximum atomic E-state index is 11.9. The van der Waals surface area contributed by atoms with E-state index in [1.165, 1.54) is 6.26 Å². The summed E-state index contributed by atoms with van der Waals surface area (Å²) in [6.07, 6.45) is 3.24. The molecule has 6 heteroatoms. The van der Waals surface area contributed by atoms with Crippen LogP contribution in [0.25, 0.3) is 0 Å². The highest BCUT2D eigenvalue weighted by molar-refractivity contribution is 7.91. The average molecular weight is 299 g/mol. The number of anilines is 1. The van der Waals surface area contributed by atoms with Crippen LogP contribution in [0.1, 0.15) is 19.3 Å². The Morgan fingerprint density at radius 1 is 1.50 bits per heavy atom. The zero-order valence-corrected chi connectivity index (χ0v) is 12.6. The van der Waals surface area contributed by atoms with Gasteiger partial charge in [0.25, 0.3) is 0 Å². The standard InChI is InChI=1S/C14H21NO4S/c1-19-12-6-3-5-11(9-12)15-14(10-16)8-4-7-13(14)20(2,17)18/h3,5-6,9,13,15-16H,4,7-8,10H2,1-2H3. The van der Waals surface area contributed by atoms with Crippen LogP contribution in [0.3, 0.4) is 0 Å². The van der Waals surface area contributed by atoms with Crippen LogP contribution in [0.2, 0.25) is 0 Å². The smallest absolute Gasteiger partial charge is 0.152 e. The van der Waals surface area contributed by atoms with Crippen LogP contribution in [0.5, 0.6) is 5.75 Å². The highest BCUT2D eigenvalue weighted by Gasteiger charge is 2.47. The number of benzene rings is 1. The molecule has 0 aromatic heterocycles. The molecule has 0 saturated heterocycles. The SMILES string of the molecule is COc1cccc(NC2(CO)CCCC2S(C)(=O)=O)c1. The lowest BCUT2D eigenvalue weighted by Crippen LogP contribution is -2.51. The summed E-state index contributed by atoms with van der Waals surface area (Å²) in [6.45, 7) is -0.206. The van der Waals surface area contributed by atoms with E-state index >= 15 is 0 Å². The molecule has 20 heavy (non-hydrogen) atoms. The molecular formula is C14H21NO4S. The van der Waals surface area contributed by atoms with Gasteiger partial charge in [0.1, 0.15) is 5.75 Å². The molecule has 0 heterocycles. The fourth-order valence-corrected chi connectivity index (χ4v) is 4.68. The van der Waals surface area contributed by atoms with Crippen molar-refractivity contribution in [1.82, 2.24) is 0 Å². The van der Waals surface area contributed by atoms with Crippen molar-refractivity contribution >= 4 is 15.5 Å². The summed E-state index contributed by atoms with van der Waals surface area (Å²) >= 11 is 0. The van der Waals surface area contributed by atoms with Gasteiger partial charge >= 0.3 is 0 Å². The van der Waals surface area contributed by atoms with Crippen LogP contribution in [-0.2, 0) is 9.84 Å². The molecule has 2 rings (SSSR count). The van der Waals surface area contributed by atoms with Gasteiger partial charge in [-0.15, -0.1) is 0 Å². The average Bonchev–Trinajstić information content (AvgIpc) is 2.83. The van der Waals surface area contributed by atoms with E-state index in [2.05, 4.69) is 5.32 Å². The first-order valence-corrected chi connectivity index (χ1v) is 8.59. The second kappa shape index (κ2) is 5.61. The largest absolute Gasteiger partial charge is 0.497 e. The lowest BCUT2D eigenvalue weighted by atomic mass is 9.97. The summed E-state index contributed by atoms with van der Waals surface area (Å²) in [5, 5.41) is 12.4. The number of aliphatic hydroxyl groups excluding tert-OH is 1. The number of hydrogen-bond acceptors (Lipinski definition) is 5. The lowest BCUT2D eigenvalue weighted by Gasteiger charge is -2.34. The van der Waals surface area contributed by atoms with E-state index in [0.29, 0.717) is 18.6 Å². The molecular weight excluding hydrogens is 278 g/mol. The van der Waals surface area contributed by atoms with Crippen molar-refractivity contribution < 1.29 is 18.3 Å². The Morgan fingerprint density at radius 3 is 2.85 bits per heavy atom. The number of rotatable bonds is 5. The van der Waals surface area contributed by atoms with Crippen molar-refractivity contribution in [2.75, 3.05) is 25.3 Å². The van der Waals surface area contributed by atoms with E-state index in [1.54, 1.807) is 13.2 Å². The van der Waals surface area contributed by atoms with Crippen molar-refractivity contribution in [2.24, 2.45) is 0 Å². The molecule has 1 aliphatic rings. The number of nitrogens with one attached hydrogen (secondary N) is 1. The molecule has 0 amide bonds. The van der Waals surface area contributed by atoms with Crippen LogP contribution in [0, 0.1) is 0 Å². The number of aliphatic hydroxyl groups is 1. The summed E-state index contributed by atoms with van der Waals surface area (Å²) in [6, 6.07) is 7.29. The van der Waals surface area contributed by atoms with Crippen LogP contribution in [0.4, 0.5) is 5.69 Å². The Bertz CT molecular complexity index is 572. The van der Waals surface area contributed by atoms with Crippen molar-refractivity contribution in [3.8, 4) is 5.75 Å². The predicted octanol–water partition coefficient (Wildman–Crippen LogP) is 1.44. The highest BCUT2D eigenvalue weighted by Crippen LogP contribution is 2.37. The summed E-state index contributed by atoms with van der Waals surface area (Å²) in [4.78, 5) is 0. The highest BCUT2D eigenvalue weighted by atomic mass is 32.2. The normalized spacial score (nSPS) is 26.4. The van der Waals surface area contributed by atoms with Gasteiger partial charge in [-0.1, -0.05) is 6.07 Å². The Labute approximate surface area is 119 Å². The van der Waals surface area contributed by atoms with E-state index < -0.39 is 20.6 Å². The fourth-order valence-electron chi connectivity index (χ4n) is 3.02. The summed E-state index contributed by atoms with van der Waals surface area (Å²) < 4.78 is 29.1. The quantitative estimate of drug-likeness (QED) is 0.860. The van der Waals surface area contributed by atoms with Gasteiger partial charge in [0.05, 0.1) is 24.5 Å². The van der Waals surface area contributed by atoms with Crippen LogP contribution >= 0.6 is 0 Å². The van der Waals surface area contributed by atoms with Crippen LogP contribution < -0.4 is 10.1 Å². The molecule has 0 radical (unpaired) electrons. The Balaban J connectivity index is 2.31. The molecule has 0 aliphatic heterocycles. The summed E-state index contributed by atoms with van der Waals surface area (Å²) in [5.74, 6) is 0.692. The first-order chi connectivity index (χ1) is 9.41. The lowest BCUT2D eigenvalue weighted by molar-refractivity contribution is 0.215. The molecule has 2 unspecified atom stereocenters. The second-order valence-corrected chi connectivity index (χ2v) is 7.61. The molecule has 0 bridgehead atoms. The Kier molecular flexibility index (Phi) is 4.25. The maximum Gasteiger partial charge on any atom is 0.152 e. The number of ether oxygens (including phenoxy) is 1. The molecule has 2 N–H and O–H groups in total. The van der Waals surface area contributed by atoms with Gasteiger partial charge in [-0.2, -0.15) is 0 Å². The van der Waals surface area contributed by atoms with E-state index in [1.807, 2.05) is 18.2 Å². The minimum Gasteiger partial charge on any atom is -0.497 e. The first kappa shape index (κ1) is 15.1. The zero-order chi connectivity index (χ0) is 14.8. The van der Waals surface area contributed by atoms with Gasteiger partial charge in [0, 0.05) is 18.0 Å². The topological polar surface area (TPSA) is 75.6 Å². The Hall–Kier alpha value is -1.27. The molecule has 1 aromatic carbocycles. The van der Waals surface area contributed by atoms with Gasteiger partial charge in [-0.3, -0.25) is 0 Å². The van der Waals surface area contributed by atoms with Gasteiger partial charge in [-0.25, -0.2) is 8.42 Å². The first-order valence-electron chi connectivity index (χ1n) is 6.63. The van der Waals surface area contributed by atoms with Gasteiger partial charge in [0.2, 0.25) is 0 Å². The van der Waals surface area contributed by atoms with Crippen LogP contribution in [-0.4, -0.2) is 44.3 Å². The number of methoxy groups -OCH3 is 1. The summed E-state index contributed by atoms with van der Waals surface area (Å²) in [7, 11) is -1.63. The van der Waals surface area contributed by atoms with E-state index in [-0.39, 0.29) is 6.61 Å². The van der Waals surface area contributed by atoms with Crippen molar-refractivity contribution in [1.29, 1.82) is 0 Å². The maximum absolute atomic E-state index is 11.9. The minimum atomic E-state index is -3.21. The van der Waals surface area contributed by atoms with Crippen LogP contribution in [0.15, 0.2) is 24.3 Å². The minimum absolute atomic E-state index is 0.206. The molecule has 1 aromatic rings. The third-order valence-corrected chi connectivity index (χ3v) is 5.69. The number of sulfone groups is 1. The van der Waals surface area contributed by atoms with Gasteiger partial charge in [-0.05, 0) is 31.4 Å². The third-order valence-electron chi connectivity index (χ3n) is 3.97. The van der Waals surface area contributed by atoms with Gasteiger partial charge < -0.3 is 15.2 Å². The van der Waals surface area contributed by atoms with E-state index in [9.17, 15) is 13.5 Å². The molecule has 1 aliphatic carbocycles. The molecule has 5 nitrogen and oxygen atoms in total. The van der Waals surface area contributed by atoms with Crippen molar-refractivity contribution in [3.05, 3.63) is 24.3 Å². The second-order valence-electron chi connectivity index (χ2n) is 5.38. The Morgan fingerprint density at radius 2 is 2.25 bits per heavy atom. The molecule has 1 fully saturated rings. The molecule has 112 valence electrons. The third kappa shape index (κ3) is 2.91. The number of hydrogen-bond donors (Lipinski definition) is 2. The molecule has 0 spiro atoms. The van der Waals surface area contributed by atoms with Gasteiger partial charge in [0.15, 0.2) is 9.84 Å². The van der Waals surface area contributed by atoms with Crippen molar-refractivity contribution in [3.63, 3.8) is 0 Å². The molecule has 2 atom stereocenters. The predicted molar refractivity (Wildman–Crippen MR) is 78.9 cm³/mol. The van der Waals surface area contributed by atoms with E-state index in [4.69, 9.17) is 4.74 Å².